The number of rotatable bonds is 6. The standard InChI is InChI=1S/C9H14ClNS/c10-5-2-6-11-7-4-9-3-1-8-12-9/h1,3,8,11H,2,4-7H2. The van der Waals surface area contributed by atoms with Gasteiger partial charge in [0.05, 0.1) is 0 Å². The first-order valence-corrected chi connectivity index (χ1v) is 5.64. The summed E-state index contributed by atoms with van der Waals surface area (Å²) in [7, 11) is 0. The summed E-state index contributed by atoms with van der Waals surface area (Å²) in [6, 6.07) is 4.27. The summed E-state index contributed by atoms with van der Waals surface area (Å²) in [5.74, 6) is 0.756. The molecule has 0 saturated carbocycles. The van der Waals surface area contributed by atoms with Gasteiger partial charge in [-0.1, -0.05) is 6.07 Å². The Kier molecular flexibility index (Phi) is 5.41. The first-order chi connectivity index (χ1) is 5.93. The first kappa shape index (κ1) is 10.0. The topological polar surface area (TPSA) is 12.0 Å². The van der Waals surface area contributed by atoms with Crippen molar-refractivity contribution in [1.29, 1.82) is 0 Å². The third-order valence-electron chi connectivity index (χ3n) is 1.62. The van der Waals surface area contributed by atoms with E-state index in [9.17, 15) is 0 Å². The Morgan fingerprint density at radius 1 is 1.42 bits per heavy atom. The second kappa shape index (κ2) is 6.46. The molecule has 0 spiro atoms. The first-order valence-electron chi connectivity index (χ1n) is 4.22. The van der Waals surface area contributed by atoms with Gasteiger partial charge >= 0.3 is 0 Å². The van der Waals surface area contributed by atoms with E-state index in [-0.39, 0.29) is 0 Å². The van der Waals surface area contributed by atoms with Gasteiger partial charge in [-0.15, -0.1) is 22.9 Å². The van der Waals surface area contributed by atoms with Crippen molar-refractivity contribution in [3.8, 4) is 0 Å². The minimum atomic E-state index is 0.756. The molecule has 0 aliphatic rings. The minimum absolute atomic E-state index is 0.756. The Bertz CT molecular complexity index is 186. The number of hydrogen-bond acceptors (Lipinski definition) is 2. The molecule has 1 aromatic heterocycles. The summed E-state index contributed by atoms with van der Waals surface area (Å²) in [4.78, 5) is 1.45. The van der Waals surface area contributed by atoms with Gasteiger partial charge in [0.2, 0.25) is 0 Å². The lowest BCUT2D eigenvalue weighted by atomic mass is 10.3. The van der Waals surface area contributed by atoms with Gasteiger partial charge in [-0.05, 0) is 37.4 Å². The lowest BCUT2D eigenvalue weighted by molar-refractivity contribution is 0.676. The monoisotopic (exact) mass is 203 g/mol. The molecule has 0 atom stereocenters. The second-order valence-electron chi connectivity index (χ2n) is 2.62. The zero-order valence-electron chi connectivity index (χ0n) is 7.05. The Morgan fingerprint density at radius 2 is 2.33 bits per heavy atom. The summed E-state index contributed by atoms with van der Waals surface area (Å²) in [6.45, 7) is 2.10. The molecule has 0 saturated heterocycles. The van der Waals surface area contributed by atoms with Crippen molar-refractivity contribution in [2.24, 2.45) is 0 Å². The lowest BCUT2D eigenvalue weighted by Crippen LogP contribution is -2.18. The average molecular weight is 204 g/mol. The van der Waals surface area contributed by atoms with Crippen molar-refractivity contribution in [3.63, 3.8) is 0 Å². The zero-order chi connectivity index (χ0) is 8.65. The van der Waals surface area contributed by atoms with Crippen molar-refractivity contribution < 1.29 is 0 Å². The maximum Gasteiger partial charge on any atom is 0.0235 e. The molecule has 0 aromatic carbocycles. The lowest BCUT2D eigenvalue weighted by Gasteiger charge is -2.00. The van der Waals surface area contributed by atoms with E-state index in [2.05, 4.69) is 22.8 Å². The molecule has 0 amide bonds. The largest absolute Gasteiger partial charge is 0.316 e. The third-order valence-corrected chi connectivity index (χ3v) is 2.82. The van der Waals surface area contributed by atoms with E-state index in [1.165, 1.54) is 4.88 Å². The molecule has 0 aliphatic heterocycles. The fraction of sp³-hybridized carbons (Fsp3) is 0.556. The number of hydrogen-bond donors (Lipinski definition) is 1. The van der Waals surface area contributed by atoms with Crippen LogP contribution in [0.4, 0.5) is 0 Å². The SMILES string of the molecule is ClCCCNCCc1cccs1. The van der Waals surface area contributed by atoms with Crippen LogP contribution in [-0.4, -0.2) is 19.0 Å². The fourth-order valence-electron chi connectivity index (χ4n) is 0.983. The number of thiophene rings is 1. The summed E-state index contributed by atoms with van der Waals surface area (Å²) in [5, 5.41) is 5.47. The average Bonchev–Trinajstić information content (AvgIpc) is 2.57. The van der Waals surface area contributed by atoms with Crippen molar-refractivity contribution in [3.05, 3.63) is 22.4 Å². The highest BCUT2D eigenvalue weighted by Crippen LogP contribution is 2.07. The molecule has 1 nitrogen and oxygen atoms in total. The van der Waals surface area contributed by atoms with Crippen LogP contribution in [0.25, 0.3) is 0 Å². The minimum Gasteiger partial charge on any atom is -0.316 e. The Labute approximate surface area is 82.7 Å². The van der Waals surface area contributed by atoms with E-state index >= 15 is 0 Å². The highest BCUT2D eigenvalue weighted by molar-refractivity contribution is 7.09. The van der Waals surface area contributed by atoms with Crippen molar-refractivity contribution in [1.82, 2.24) is 5.32 Å². The van der Waals surface area contributed by atoms with Crippen molar-refractivity contribution in [2.75, 3.05) is 19.0 Å². The Hall–Kier alpha value is -0.0500. The van der Waals surface area contributed by atoms with E-state index in [4.69, 9.17) is 11.6 Å². The molecule has 3 heteroatoms. The normalized spacial score (nSPS) is 10.4. The maximum absolute atomic E-state index is 5.54. The number of alkyl halides is 1. The summed E-state index contributed by atoms with van der Waals surface area (Å²) >= 11 is 7.36. The fourth-order valence-corrected chi connectivity index (χ4v) is 1.83. The Balaban J connectivity index is 1.96. The molecule has 12 heavy (non-hydrogen) atoms. The van der Waals surface area contributed by atoms with Gasteiger partial charge in [-0.3, -0.25) is 0 Å². The van der Waals surface area contributed by atoms with Crippen LogP contribution in [0.1, 0.15) is 11.3 Å². The maximum atomic E-state index is 5.54. The van der Waals surface area contributed by atoms with Crippen LogP contribution in [0.5, 0.6) is 0 Å². The van der Waals surface area contributed by atoms with E-state index in [1.807, 2.05) is 11.3 Å². The molecular weight excluding hydrogens is 190 g/mol. The van der Waals surface area contributed by atoms with Crippen LogP contribution >= 0.6 is 22.9 Å². The van der Waals surface area contributed by atoms with Gasteiger partial charge in [-0.25, -0.2) is 0 Å². The molecule has 1 rings (SSSR count). The van der Waals surface area contributed by atoms with Crippen LogP contribution < -0.4 is 5.32 Å². The van der Waals surface area contributed by atoms with E-state index < -0.39 is 0 Å². The van der Waals surface area contributed by atoms with Gasteiger partial charge in [-0.2, -0.15) is 0 Å². The van der Waals surface area contributed by atoms with Crippen LogP contribution in [0, 0.1) is 0 Å². The smallest absolute Gasteiger partial charge is 0.0235 e. The van der Waals surface area contributed by atoms with Crippen LogP contribution in [0.3, 0.4) is 0 Å². The molecule has 0 fully saturated rings. The molecule has 0 aliphatic carbocycles. The van der Waals surface area contributed by atoms with E-state index in [0.717, 1.165) is 31.8 Å². The van der Waals surface area contributed by atoms with E-state index in [1.54, 1.807) is 0 Å². The second-order valence-corrected chi connectivity index (χ2v) is 4.03. The van der Waals surface area contributed by atoms with Crippen LogP contribution in [0.15, 0.2) is 17.5 Å². The van der Waals surface area contributed by atoms with Gasteiger partial charge < -0.3 is 5.32 Å². The van der Waals surface area contributed by atoms with Crippen LogP contribution in [-0.2, 0) is 6.42 Å². The molecule has 0 unspecified atom stereocenters. The molecule has 1 N–H and O–H groups in total. The predicted molar refractivity (Wildman–Crippen MR) is 56.2 cm³/mol. The van der Waals surface area contributed by atoms with Gasteiger partial charge in [0.15, 0.2) is 0 Å². The van der Waals surface area contributed by atoms with Crippen molar-refractivity contribution in [2.45, 2.75) is 12.8 Å². The van der Waals surface area contributed by atoms with E-state index in [0.29, 0.717) is 0 Å². The van der Waals surface area contributed by atoms with Gasteiger partial charge in [0.25, 0.3) is 0 Å². The highest BCUT2D eigenvalue weighted by atomic mass is 35.5. The van der Waals surface area contributed by atoms with Gasteiger partial charge in [0, 0.05) is 10.8 Å². The molecule has 68 valence electrons. The molecular formula is C9H14ClNS. The molecule has 1 aromatic rings. The number of halogens is 1. The highest BCUT2D eigenvalue weighted by Gasteiger charge is 1.92. The molecule has 1 heterocycles. The summed E-state index contributed by atoms with van der Waals surface area (Å²) < 4.78 is 0. The Morgan fingerprint density at radius 3 is 3.00 bits per heavy atom. The quantitative estimate of drug-likeness (QED) is 0.554. The summed E-state index contributed by atoms with van der Waals surface area (Å²) in [5.41, 5.74) is 0. The number of nitrogens with one attached hydrogen (secondary N) is 1. The molecule has 0 bridgehead atoms. The molecule has 0 radical (unpaired) electrons. The third kappa shape index (κ3) is 4.10. The predicted octanol–water partition coefficient (Wildman–Crippen LogP) is 2.51. The zero-order valence-corrected chi connectivity index (χ0v) is 8.63. The summed E-state index contributed by atoms with van der Waals surface area (Å²) in [6.07, 6.45) is 2.20. The van der Waals surface area contributed by atoms with Gasteiger partial charge in [0.1, 0.15) is 0 Å². The van der Waals surface area contributed by atoms with Crippen molar-refractivity contribution >= 4 is 22.9 Å². The van der Waals surface area contributed by atoms with Crippen LogP contribution in [0.2, 0.25) is 0 Å².